The van der Waals surface area contributed by atoms with Gasteiger partial charge in [0.25, 0.3) is 0 Å². The van der Waals surface area contributed by atoms with Crippen LogP contribution in [0.1, 0.15) is 5.56 Å². The summed E-state index contributed by atoms with van der Waals surface area (Å²) < 4.78 is 83.2. The van der Waals surface area contributed by atoms with E-state index in [9.17, 15) is 30.0 Å². The zero-order chi connectivity index (χ0) is 15.8. The molecule has 0 amide bonds. The molecule has 114 valence electrons. The van der Waals surface area contributed by atoms with Crippen molar-refractivity contribution in [1.82, 2.24) is 4.98 Å². The summed E-state index contributed by atoms with van der Waals surface area (Å²) in [5.74, 6) is -2.08. The minimum Gasteiger partial charge on any atom is -0.243 e. The van der Waals surface area contributed by atoms with Gasteiger partial charge in [-0.3, -0.25) is 0 Å². The number of halogens is 4. The second-order valence-corrected chi connectivity index (χ2v) is 8.36. The standard InChI is InChI=1S/C8H8BrF3N2O4S2/c9-5-3-6(8(10,11)12)7(14-4-5)19(15,16)1-2-20(13,17)18/h3-4H,1-2H2,(H2,13,17,18). The fourth-order valence-corrected chi connectivity index (χ4v) is 4.25. The van der Waals surface area contributed by atoms with E-state index < -0.39 is 48.1 Å². The minimum absolute atomic E-state index is 0.0600. The quantitative estimate of drug-likeness (QED) is 0.814. The van der Waals surface area contributed by atoms with Crippen LogP contribution in [-0.4, -0.2) is 33.3 Å². The molecule has 1 rings (SSSR count). The van der Waals surface area contributed by atoms with Gasteiger partial charge in [0.2, 0.25) is 10.0 Å². The van der Waals surface area contributed by atoms with Crippen LogP contribution in [-0.2, 0) is 26.0 Å². The Bertz CT molecular complexity index is 716. The summed E-state index contributed by atoms with van der Waals surface area (Å²) >= 11 is 2.75. The van der Waals surface area contributed by atoms with E-state index in [-0.39, 0.29) is 4.47 Å². The fraction of sp³-hybridized carbons (Fsp3) is 0.375. The van der Waals surface area contributed by atoms with Gasteiger partial charge in [0.15, 0.2) is 14.9 Å². The number of alkyl halides is 3. The van der Waals surface area contributed by atoms with Crippen molar-refractivity contribution in [2.45, 2.75) is 11.2 Å². The van der Waals surface area contributed by atoms with Gasteiger partial charge in [-0.25, -0.2) is 27.0 Å². The van der Waals surface area contributed by atoms with Crippen LogP contribution in [0.5, 0.6) is 0 Å². The summed E-state index contributed by atoms with van der Waals surface area (Å²) in [5, 5.41) is 3.40. The Labute approximate surface area is 121 Å². The van der Waals surface area contributed by atoms with E-state index in [2.05, 4.69) is 26.1 Å². The lowest BCUT2D eigenvalue weighted by Gasteiger charge is -2.12. The SMILES string of the molecule is NS(=O)(=O)CCS(=O)(=O)c1ncc(Br)cc1C(F)(F)F. The number of nitrogens with two attached hydrogens (primary N) is 1. The summed E-state index contributed by atoms with van der Waals surface area (Å²) in [4.78, 5) is 3.23. The largest absolute Gasteiger partial charge is 0.419 e. The molecule has 0 aliphatic heterocycles. The Kier molecular flexibility index (Phi) is 4.83. The van der Waals surface area contributed by atoms with Crippen LogP contribution in [0.15, 0.2) is 21.8 Å². The normalized spacial score (nSPS) is 13.4. The van der Waals surface area contributed by atoms with Gasteiger partial charge in [-0.1, -0.05) is 0 Å². The lowest BCUT2D eigenvalue weighted by Crippen LogP contribution is -2.25. The van der Waals surface area contributed by atoms with Gasteiger partial charge in [0.05, 0.1) is 17.1 Å². The van der Waals surface area contributed by atoms with Crippen LogP contribution in [0, 0.1) is 0 Å². The van der Waals surface area contributed by atoms with Crippen molar-refractivity contribution in [2.24, 2.45) is 5.14 Å². The number of primary sulfonamides is 1. The van der Waals surface area contributed by atoms with E-state index in [0.29, 0.717) is 6.07 Å². The summed E-state index contributed by atoms with van der Waals surface area (Å²) in [6.45, 7) is 0. The van der Waals surface area contributed by atoms with Crippen LogP contribution in [0.4, 0.5) is 13.2 Å². The third-order valence-electron chi connectivity index (χ3n) is 2.05. The molecule has 0 atom stereocenters. The summed E-state index contributed by atoms with van der Waals surface area (Å²) in [6.07, 6.45) is -4.07. The number of hydrogen-bond acceptors (Lipinski definition) is 5. The molecule has 12 heteroatoms. The molecule has 2 N–H and O–H groups in total. The predicted octanol–water partition coefficient (Wildman–Crippen LogP) is 0.925. The Morgan fingerprint density at radius 3 is 2.20 bits per heavy atom. The number of hydrogen-bond donors (Lipinski definition) is 1. The molecule has 1 aromatic rings. The maximum atomic E-state index is 12.8. The monoisotopic (exact) mass is 396 g/mol. The molecular formula is C8H8BrF3N2O4S2. The summed E-state index contributed by atoms with van der Waals surface area (Å²) in [7, 11) is -8.65. The maximum absolute atomic E-state index is 12.8. The van der Waals surface area contributed by atoms with Crippen molar-refractivity contribution in [3.05, 3.63) is 22.3 Å². The van der Waals surface area contributed by atoms with Crippen molar-refractivity contribution in [3.8, 4) is 0 Å². The van der Waals surface area contributed by atoms with Gasteiger partial charge < -0.3 is 0 Å². The lowest BCUT2D eigenvalue weighted by atomic mass is 10.3. The molecule has 0 aromatic carbocycles. The van der Waals surface area contributed by atoms with Crippen LogP contribution in [0.3, 0.4) is 0 Å². The highest BCUT2D eigenvalue weighted by Gasteiger charge is 2.38. The molecule has 0 spiro atoms. The van der Waals surface area contributed by atoms with Gasteiger partial charge in [-0.05, 0) is 22.0 Å². The average molecular weight is 397 g/mol. The van der Waals surface area contributed by atoms with Crippen LogP contribution in [0.25, 0.3) is 0 Å². The molecule has 0 saturated heterocycles. The Morgan fingerprint density at radius 2 is 1.75 bits per heavy atom. The molecule has 6 nitrogen and oxygen atoms in total. The van der Waals surface area contributed by atoms with E-state index in [1.54, 1.807) is 0 Å². The molecule has 0 bridgehead atoms. The van der Waals surface area contributed by atoms with Crippen molar-refractivity contribution in [2.75, 3.05) is 11.5 Å². The fourth-order valence-electron chi connectivity index (χ4n) is 1.20. The molecule has 0 aliphatic rings. The topological polar surface area (TPSA) is 107 Å². The first-order valence-corrected chi connectivity index (χ1v) is 8.95. The molecule has 1 heterocycles. The number of pyridine rings is 1. The van der Waals surface area contributed by atoms with E-state index in [1.807, 2.05) is 0 Å². The third kappa shape index (κ3) is 4.68. The average Bonchev–Trinajstić information content (AvgIpc) is 2.24. The molecule has 0 unspecified atom stereocenters. The van der Waals surface area contributed by atoms with Crippen molar-refractivity contribution in [1.29, 1.82) is 0 Å². The zero-order valence-corrected chi connectivity index (χ0v) is 12.8. The number of aromatic nitrogens is 1. The number of sulfone groups is 1. The first-order valence-electron chi connectivity index (χ1n) is 4.79. The first kappa shape index (κ1) is 17.3. The zero-order valence-electron chi connectivity index (χ0n) is 9.55. The van der Waals surface area contributed by atoms with Crippen molar-refractivity contribution in [3.63, 3.8) is 0 Å². The highest BCUT2D eigenvalue weighted by molar-refractivity contribution is 9.10. The minimum atomic E-state index is -4.94. The Hall–Kier alpha value is -0.720. The second-order valence-electron chi connectivity index (χ2n) is 3.69. The highest BCUT2D eigenvalue weighted by Crippen LogP contribution is 2.35. The predicted molar refractivity (Wildman–Crippen MR) is 67.0 cm³/mol. The van der Waals surface area contributed by atoms with Gasteiger partial charge in [-0.15, -0.1) is 0 Å². The van der Waals surface area contributed by atoms with Crippen LogP contribution < -0.4 is 5.14 Å². The number of rotatable bonds is 4. The van der Waals surface area contributed by atoms with E-state index >= 15 is 0 Å². The Morgan fingerprint density at radius 1 is 1.20 bits per heavy atom. The van der Waals surface area contributed by atoms with Crippen LogP contribution in [0.2, 0.25) is 0 Å². The first-order chi connectivity index (χ1) is 8.83. The Balaban J connectivity index is 3.32. The molecule has 20 heavy (non-hydrogen) atoms. The smallest absolute Gasteiger partial charge is 0.243 e. The van der Waals surface area contributed by atoms with Gasteiger partial charge in [0, 0.05) is 10.7 Å². The van der Waals surface area contributed by atoms with E-state index in [4.69, 9.17) is 0 Å². The molecule has 1 aromatic heterocycles. The highest BCUT2D eigenvalue weighted by atomic mass is 79.9. The number of nitrogens with zero attached hydrogens (tertiary/aromatic N) is 1. The molecule has 0 aliphatic carbocycles. The number of sulfonamides is 1. The molecular weight excluding hydrogens is 389 g/mol. The van der Waals surface area contributed by atoms with Gasteiger partial charge >= 0.3 is 6.18 Å². The molecule has 0 saturated carbocycles. The van der Waals surface area contributed by atoms with Crippen molar-refractivity contribution >= 4 is 35.8 Å². The third-order valence-corrected chi connectivity index (χ3v) is 5.18. The van der Waals surface area contributed by atoms with Crippen molar-refractivity contribution < 1.29 is 30.0 Å². The van der Waals surface area contributed by atoms with E-state index in [1.165, 1.54) is 0 Å². The summed E-state index contributed by atoms with van der Waals surface area (Å²) in [5.41, 5.74) is -1.47. The van der Waals surface area contributed by atoms with E-state index in [0.717, 1.165) is 6.20 Å². The van der Waals surface area contributed by atoms with Crippen LogP contribution >= 0.6 is 15.9 Å². The lowest BCUT2D eigenvalue weighted by molar-refractivity contribution is -0.140. The van der Waals surface area contributed by atoms with Gasteiger partial charge in [-0.2, -0.15) is 13.2 Å². The molecule has 0 radical (unpaired) electrons. The summed E-state index contributed by atoms with van der Waals surface area (Å²) in [6, 6.07) is 0.552. The maximum Gasteiger partial charge on any atom is 0.419 e. The second kappa shape index (κ2) is 5.58. The van der Waals surface area contributed by atoms with Gasteiger partial charge in [0.1, 0.15) is 0 Å². The molecule has 0 fully saturated rings.